The lowest BCUT2D eigenvalue weighted by atomic mass is 8.96. The maximum absolute atomic E-state index is 3.10. The van der Waals surface area contributed by atoms with Gasteiger partial charge in [-0.15, -0.1) is 0 Å². The van der Waals surface area contributed by atoms with Crippen LogP contribution in [0.15, 0.2) is 0 Å². The Bertz CT molecular complexity index is 1230. The molecule has 2 spiro atoms. The highest BCUT2D eigenvalue weighted by Gasteiger charge is 3.05. The first kappa shape index (κ1) is 18.4. The second kappa shape index (κ2) is 4.58. The summed E-state index contributed by atoms with van der Waals surface area (Å²) in [6.07, 6.45) is 11.6. The Morgan fingerprint density at radius 1 is 0.556 bits per heavy atom. The van der Waals surface area contributed by atoms with Gasteiger partial charge in [-0.05, 0) is 191 Å². The summed E-state index contributed by atoms with van der Waals surface area (Å²) in [5, 5.41) is 0. The molecule has 14 aliphatic carbocycles. The van der Waals surface area contributed by atoms with Crippen LogP contribution in [0.5, 0.6) is 0 Å². The molecule has 0 aromatic heterocycles. The van der Waals surface area contributed by atoms with Crippen molar-refractivity contribution in [2.75, 3.05) is 0 Å². The molecule has 0 N–H and O–H groups in total. The molecule has 14 fully saturated rings. The van der Waals surface area contributed by atoms with Crippen molar-refractivity contribution in [3.63, 3.8) is 0 Å². The normalized spacial score (nSPS) is 89.6. The zero-order chi connectivity index (χ0) is 22.7. The Kier molecular flexibility index (Phi) is 2.34. The van der Waals surface area contributed by atoms with Crippen molar-refractivity contribution < 1.29 is 0 Å². The first-order chi connectivity index (χ1) is 17.6. The Morgan fingerprint density at radius 2 is 1.25 bits per heavy atom. The van der Waals surface area contributed by atoms with Gasteiger partial charge in [-0.3, -0.25) is 0 Å². The predicted octanol–water partition coefficient (Wildman–Crippen LogP) is 7.10. The Hall–Kier alpha value is 0. The van der Waals surface area contributed by atoms with Gasteiger partial charge < -0.3 is 0 Å². The quantitative estimate of drug-likeness (QED) is 0.377. The van der Waals surface area contributed by atoms with Gasteiger partial charge in [0.2, 0.25) is 0 Å². The highest BCUT2D eigenvalue weighted by Crippen LogP contribution is 3.08. The van der Waals surface area contributed by atoms with E-state index in [4.69, 9.17) is 0 Å². The van der Waals surface area contributed by atoms with Gasteiger partial charge in [0, 0.05) is 0 Å². The topological polar surface area (TPSA) is 0 Å². The molecule has 0 aromatic carbocycles. The van der Waals surface area contributed by atoms with E-state index in [0.29, 0.717) is 0 Å². The third-order valence-corrected chi connectivity index (χ3v) is 21.0. The van der Waals surface area contributed by atoms with Crippen molar-refractivity contribution >= 4 is 0 Å². The lowest BCUT2D eigenvalue weighted by Crippen LogP contribution is -3.05. The van der Waals surface area contributed by atoms with Gasteiger partial charge in [0.05, 0.1) is 0 Å². The molecule has 14 saturated carbocycles. The molecule has 14 rings (SSSR count). The van der Waals surface area contributed by atoms with Crippen LogP contribution in [0.2, 0.25) is 0 Å². The zero-order valence-electron chi connectivity index (χ0n) is 22.7. The molecule has 21 unspecified atom stereocenters. The Morgan fingerprint density at radius 3 is 2.08 bits per heavy atom. The third kappa shape index (κ3) is 1.13. The average molecular weight is 479 g/mol. The van der Waals surface area contributed by atoms with E-state index >= 15 is 0 Å². The summed E-state index contributed by atoms with van der Waals surface area (Å²) in [6, 6.07) is 0. The summed E-state index contributed by atoms with van der Waals surface area (Å²) >= 11 is 0. The molecule has 0 radical (unpaired) electrons. The standard InChI is InChI=1S/C36H46/c1-4-12-8-13-5-6-14-7-11(2)24-16-10-18-27(16)36-29(18)23-22-28-17-9-15-19(12)21-20(13)25(14)34(24,3)33(36)32(21)35(28,26(15)17)30(22)31(23)36/h11-33H,4-10H2,1-3H3/t11-,12+,13-,14+,15?,16?,17?,18?,19?,20?,21?,22?,23?,24?,25?,26?,27?,28?,29?,30?,31?,32?,33?,34-,35?,36?/m1/s1. The van der Waals surface area contributed by atoms with E-state index < -0.39 is 0 Å². The number of hydrogen-bond acceptors (Lipinski definition) is 0. The molecule has 0 aliphatic heterocycles. The fourth-order valence-electron chi connectivity index (χ4n) is 22.5. The SMILES string of the molecule is CC[C@H]1C[C@H]2CC[C@H]3C[C@@H](C)C4C5CC6C5C57C6C6C8C9C%10CC%11C1C1C2C3[C@]4(C)C5C1C9(C%11%10)C8C67. The smallest absolute Gasteiger partial charge is 0.0159 e. The lowest BCUT2D eigenvalue weighted by Gasteiger charge is -3.08. The maximum Gasteiger partial charge on any atom is -0.0159 e. The first-order valence-electron chi connectivity index (χ1n) is 17.6. The highest BCUT2D eigenvalue weighted by atomic mass is 15.1. The fraction of sp³-hybridized carbons (Fsp3) is 1.00. The second-order valence-electron chi connectivity index (χ2n) is 19.3. The molecule has 36 heavy (non-hydrogen) atoms. The molecule has 0 amide bonds. The minimum Gasteiger partial charge on any atom is -0.0651 e. The summed E-state index contributed by atoms with van der Waals surface area (Å²) in [7, 11) is 0. The molecule has 0 bridgehead atoms. The molecule has 26 atom stereocenters. The minimum absolute atomic E-state index is 0.763. The maximum atomic E-state index is 3.10. The molecular formula is C36H46. The summed E-state index contributed by atoms with van der Waals surface area (Å²) in [5.41, 5.74) is 2.66. The largest absolute Gasteiger partial charge is 0.0651 e. The molecule has 0 heterocycles. The molecule has 14 aliphatic rings. The van der Waals surface area contributed by atoms with E-state index in [2.05, 4.69) is 20.8 Å². The summed E-state index contributed by atoms with van der Waals surface area (Å²) in [4.78, 5) is 0. The first-order valence-corrected chi connectivity index (χ1v) is 17.6. The van der Waals surface area contributed by atoms with Gasteiger partial charge in [0.25, 0.3) is 0 Å². The van der Waals surface area contributed by atoms with Gasteiger partial charge in [-0.1, -0.05) is 27.2 Å². The highest BCUT2D eigenvalue weighted by molar-refractivity contribution is 5.51. The molecule has 0 nitrogen and oxygen atoms in total. The van der Waals surface area contributed by atoms with E-state index in [0.717, 1.165) is 45.8 Å². The predicted molar refractivity (Wildman–Crippen MR) is 137 cm³/mol. The van der Waals surface area contributed by atoms with Crippen LogP contribution >= 0.6 is 0 Å². The molecule has 190 valence electrons. The van der Waals surface area contributed by atoms with Crippen LogP contribution in [0, 0.1) is 152 Å². The number of hydrogen-bond donors (Lipinski definition) is 0. The Balaban J connectivity index is 1.11. The fourth-order valence-corrected chi connectivity index (χ4v) is 22.5. The van der Waals surface area contributed by atoms with Gasteiger partial charge in [-0.25, -0.2) is 0 Å². The number of fused-ring (bicyclic) bond motifs is 7. The zero-order valence-corrected chi connectivity index (χ0v) is 22.7. The van der Waals surface area contributed by atoms with Gasteiger partial charge in [0.1, 0.15) is 0 Å². The van der Waals surface area contributed by atoms with Crippen LogP contribution in [0.1, 0.15) is 65.7 Å². The molecule has 0 saturated heterocycles. The summed E-state index contributed by atoms with van der Waals surface area (Å²) in [6.45, 7) is 8.54. The van der Waals surface area contributed by atoms with Crippen LogP contribution in [-0.2, 0) is 0 Å². The van der Waals surface area contributed by atoms with E-state index in [1.165, 1.54) is 113 Å². The van der Waals surface area contributed by atoms with E-state index in [1.54, 1.807) is 38.5 Å². The molecule has 0 aromatic rings. The van der Waals surface area contributed by atoms with Crippen molar-refractivity contribution in [1.29, 1.82) is 0 Å². The minimum atomic E-state index is 0.763. The van der Waals surface area contributed by atoms with Crippen molar-refractivity contribution in [3.05, 3.63) is 0 Å². The van der Waals surface area contributed by atoms with Crippen molar-refractivity contribution in [1.82, 2.24) is 0 Å². The molecular weight excluding hydrogens is 432 g/mol. The van der Waals surface area contributed by atoms with Crippen LogP contribution in [0.3, 0.4) is 0 Å². The van der Waals surface area contributed by atoms with Gasteiger partial charge >= 0.3 is 0 Å². The van der Waals surface area contributed by atoms with Crippen molar-refractivity contribution in [2.45, 2.75) is 65.7 Å². The average Bonchev–Trinajstić information content (AvgIpc) is 2.80. The van der Waals surface area contributed by atoms with Crippen LogP contribution in [-0.4, -0.2) is 0 Å². The van der Waals surface area contributed by atoms with E-state index in [1.807, 2.05) is 0 Å². The van der Waals surface area contributed by atoms with Crippen LogP contribution < -0.4 is 0 Å². The monoisotopic (exact) mass is 478 g/mol. The lowest BCUT2D eigenvalue weighted by molar-refractivity contribution is -0.618. The van der Waals surface area contributed by atoms with Crippen molar-refractivity contribution in [2.24, 2.45) is 152 Å². The Labute approximate surface area is 217 Å². The summed E-state index contributed by atoms with van der Waals surface area (Å²) in [5.74, 6) is 28.1. The second-order valence-corrected chi connectivity index (χ2v) is 19.3. The number of rotatable bonds is 1. The van der Waals surface area contributed by atoms with Gasteiger partial charge in [0.15, 0.2) is 0 Å². The van der Waals surface area contributed by atoms with Crippen LogP contribution in [0.4, 0.5) is 0 Å². The van der Waals surface area contributed by atoms with E-state index in [-0.39, 0.29) is 0 Å². The van der Waals surface area contributed by atoms with Crippen LogP contribution in [0.25, 0.3) is 0 Å². The third-order valence-electron chi connectivity index (χ3n) is 21.0. The molecule has 0 heteroatoms. The summed E-state index contributed by atoms with van der Waals surface area (Å²) < 4.78 is 0. The van der Waals surface area contributed by atoms with E-state index in [9.17, 15) is 0 Å². The van der Waals surface area contributed by atoms with Crippen molar-refractivity contribution in [3.8, 4) is 0 Å². The van der Waals surface area contributed by atoms with Gasteiger partial charge in [-0.2, -0.15) is 0 Å².